The lowest BCUT2D eigenvalue weighted by Crippen LogP contribution is -2.13. The standard InChI is InChI=1S/C24H46O2/c1-6-7-8-9-10-11-12-13-14-15-16-17-18-22(4)23(5)19-20-26-24(25)21(2)3/h22-23H,2,6-20H2,1,3-5H3. The maximum absolute atomic E-state index is 11.4. The summed E-state index contributed by atoms with van der Waals surface area (Å²) in [4.78, 5) is 11.4. The first kappa shape index (κ1) is 25.2. The molecule has 0 saturated heterocycles. The van der Waals surface area contributed by atoms with Crippen LogP contribution in [0.25, 0.3) is 0 Å². The van der Waals surface area contributed by atoms with Gasteiger partial charge >= 0.3 is 5.97 Å². The minimum Gasteiger partial charge on any atom is -0.462 e. The Morgan fingerprint density at radius 2 is 1.19 bits per heavy atom. The molecule has 0 radical (unpaired) electrons. The van der Waals surface area contributed by atoms with E-state index in [1.54, 1.807) is 6.92 Å². The Kier molecular flexibility index (Phi) is 17.1. The summed E-state index contributed by atoms with van der Waals surface area (Å²) in [6, 6.07) is 0. The van der Waals surface area contributed by atoms with Crippen molar-refractivity contribution >= 4 is 5.97 Å². The van der Waals surface area contributed by atoms with Crippen molar-refractivity contribution in [3.05, 3.63) is 12.2 Å². The summed E-state index contributed by atoms with van der Waals surface area (Å²) < 4.78 is 5.20. The lowest BCUT2D eigenvalue weighted by atomic mass is 9.88. The highest BCUT2D eigenvalue weighted by molar-refractivity contribution is 5.86. The third-order valence-electron chi connectivity index (χ3n) is 5.64. The zero-order chi connectivity index (χ0) is 19.6. The highest BCUT2D eigenvalue weighted by atomic mass is 16.5. The molecule has 0 aliphatic heterocycles. The van der Waals surface area contributed by atoms with E-state index in [0.29, 0.717) is 24.0 Å². The van der Waals surface area contributed by atoms with Gasteiger partial charge < -0.3 is 4.74 Å². The van der Waals surface area contributed by atoms with Crippen LogP contribution in [0.3, 0.4) is 0 Å². The van der Waals surface area contributed by atoms with Gasteiger partial charge in [-0.05, 0) is 25.2 Å². The average molecular weight is 367 g/mol. The van der Waals surface area contributed by atoms with Gasteiger partial charge in [0.2, 0.25) is 0 Å². The second-order valence-corrected chi connectivity index (χ2v) is 8.34. The number of hydrogen-bond acceptors (Lipinski definition) is 2. The van der Waals surface area contributed by atoms with Crippen molar-refractivity contribution in [3.8, 4) is 0 Å². The van der Waals surface area contributed by atoms with Crippen LogP contribution >= 0.6 is 0 Å². The Morgan fingerprint density at radius 3 is 1.65 bits per heavy atom. The fourth-order valence-corrected chi connectivity index (χ4v) is 3.34. The van der Waals surface area contributed by atoms with E-state index in [-0.39, 0.29) is 5.97 Å². The Morgan fingerprint density at radius 1 is 0.769 bits per heavy atom. The zero-order valence-corrected chi connectivity index (χ0v) is 18.3. The third-order valence-corrected chi connectivity index (χ3v) is 5.64. The SMILES string of the molecule is C=C(C)C(=O)OCCC(C)C(C)CCCCCCCCCCCCCC. The molecule has 2 heteroatoms. The zero-order valence-electron chi connectivity index (χ0n) is 18.3. The van der Waals surface area contributed by atoms with Gasteiger partial charge in [-0.2, -0.15) is 0 Å². The third kappa shape index (κ3) is 15.5. The van der Waals surface area contributed by atoms with Crippen molar-refractivity contribution in [2.24, 2.45) is 11.8 Å². The fourth-order valence-electron chi connectivity index (χ4n) is 3.34. The van der Waals surface area contributed by atoms with Crippen molar-refractivity contribution in [1.82, 2.24) is 0 Å². The summed E-state index contributed by atoms with van der Waals surface area (Å²) >= 11 is 0. The molecule has 0 amide bonds. The lowest BCUT2D eigenvalue weighted by molar-refractivity contribution is -0.139. The molecule has 0 rings (SSSR count). The molecule has 2 nitrogen and oxygen atoms in total. The predicted molar refractivity (Wildman–Crippen MR) is 114 cm³/mol. The summed E-state index contributed by atoms with van der Waals surface area (Å²) in [6.45, 7) is 12.7. The molecule has 2 unspecified atom stereocenters. The fraction of sp³-hybridized carbons (Fsp3) is 0.875. The minimum atomic E-state index is -0.259. The van der Waals surface area contributed by atoms with Crippen molar-refractivity contribution in [1.29, 1.82) is 0 Å². The van der Waals surface area contributed by atoms with Gasteiger partial charge in [0.1, 0.15) is 0 Å². The molecule has 0 aromatic carbocycles. The Labute approximate surface area is 164 Å². The topological polar surface area (TPSA) is 26.3 Å². The van der Waals surface area contributed by atoms with Gasteiger partial charge in [-0.3, -0.25) is 0 Å². The molecule has 0 heterocycles. The lowest BCUT2D eigenvalue weighted by Gasteiger charge is -2.19. The number of hydrogen-bond donors (Lipinski definition) is 0. The van der Waals surface area contributed by atoms with Gasteiger partial charge in [0, 0.05) is 5.57 Å². The molecule has 0 bridgehead atoms. The van der Waals surface area contributed by atoms with Crippen LogP contribution < -0.4 is 0 Å². The second kappa shape index (κ2) is 17.6. The van der Waals surface area contributed by atoms with Gasteiger partial charge in [-0.15, -0.1) is 0 Å². The van der Waals surface area contributed by atoms with E-state index < -0.39 is 0 Å². The highest BCUT2D eigenvalue weighted by Crippen LogP contribution is 2.22. The summed E-state index contributed by atoms with van der Waals surface area (Å²) in [7, 11) is 0. The largest absolute Gasteiger partial charge is 0.462 e. The van der Waals surface area contributed by atoms with Gasteiger partial charge in [0.25, 0.3) is 0 Å². The monoisotopic (exact) mass is 366 g/mol. The van der Waals surface area contributed by atoms with Crippen LogP contribution in [-0.4, -0.2) is 12.6 Å². The van der Waals surface area contributed by atoms with E-state index in [2.05, 4.69) is 27.4 Å². The molecule has 0 aliphatic carbocycles. The van der Waals surface area contributed by atoms with Crippen LogP contribution in [0.1, 0.15) is 118 Å². The normalized spacial score (nSPS) is 13.4. The Balaban J connectivity index is 3.40. The van der Waals surface area contributed by atoms with E-state index in [0.717, 1.165) is 6.42 Å². The van der Waals surface area contributed by atoms with E-state index in [9.17, 15) is 4.79 Å². The molecular formula is C24H46O2. The quantitative estimate of drug-likeness (QED) is 0.140. The molecule has 0 aromatic heterocycles. The summed E-state index contributed by atoms with van der Waals surface area (Å²) in [6.07, 6.45) is 19.2. The molecule has 2 atom stereocenters. The van der Waals surface area contributed by atoms with Crippen molar-refractivity contribution in [2.45, 2.75) is 118 Å². The van der Waals surface area contributed by atoms with Gasteiger partial charge in [0.15, 0.2) is 0 Å². The molecule has 0 spiro atoms. The van der Waals surface area contributed by atoms with Crippen LogP contribution in [0.15, 0.2) is 12.2 Å². The highest BCUT2D eigenvalue weighted by Gasteiger charge is 2.13. The van der Waals surface area contributed by atoms with Crippen molar-refractivity contribution in [3.63, 3.8) is 0 Å². The van der Waals surface area contributed by atoms with E-state index in [4.69, 9.17) is 4.74 Å². The number of carbonyl (C=O) groups is 1. The molecular weight excluding hydrogens is 320 g/mol. The molecule has 154 valence electrons. The predicted octanol–water partition coefficient (Wildman–Crippen LogP) is 7.86. The summed E-state index contributed by atoms with van der Waals surface area (Å²) in [5.41, 5.74) is 0.488. The first-order valence-corrected chi connectivity index (χ1v) is 11.3. The maximum atomic E-state index is 11.4. The average Bonchev–Trinajstić information content (AvgIpc) is 2.62. The Bertz CT molecular complexity index is 348. The number of unbranched alkanes of at least 4 members (excludes halogenated alkanes) is 11. The number of ether oxygens (including phenoxy) is 1. The van der Waals surface area contributed by atoms with Crippen LogP contribution in [0.5, 0.6) is 0 Å². The minimum absolute atomic E-state index is 0.259. The molecule has 26 heavy (non-hydrogen) atoms. The van der Waals surface area contributed by atoms with Crippen LogP contribution in [0, 0.1) is 11.8 Å². The smallest absolute Gasteiger partial charge is 0.333 e. The van der Waals surface area contributed by atoms with E-state index in [1.807, 2.05) is 0 Å². The number of rotatable bonds is 18. The number of carbonyl (C=O) groups excluding carboxylic acids is 1. The van der Waals surface area contributed by atoms with E-state index >= 15 is 0 Å². The molecule has 0 aliphatic rings. The van der Waals surface area contributed by atoms with Crippen LogP contribution in [0.4, 0.5) is 0 Å². The van der Waals surface area contributed by atoms with Crippen LogP contribution in [-0.2, 0) is 9.53 Å². The van der Waals surface area contributed by atoms with Crippen LogP contribution in [0.2, 0.25) is 0 Å². The maximum Gasteiger partial charge on any atom is 0.333 e. The first-order valence-electron chi connectivity index (χ1n) is 11.3. The summed E-state index contributed by atoms with van der Waals surface area (Å²) in [5, 5.41) is 0. The molecule has 0 saturated carbocycles. The van der Waals surface area contributed by atoms with Gasteiger partial charge in [-0.25, -0.2) is 4.79 Å². The molecule has 0 N–H and O–H groups in total. The molecule has 0 aromatic rings. The Hall–Kier alpha value is -0.790. The van der Waals surface area contributed by atoms with Gasteiger partial charge in [-0.1, -0.05) is 111 Å². The van der Waals surface area contributed by atoms with Gasteiger partial charge in [0.05, 0.1) is 6.61 Å². The first-order chi connectivity index (χ1) is 12.5. The van der Waals surface area contributed by atoms with Crippen molar-refractivity contribution in [2.75, 3.05) is 6.61 Å². The number of esters is 1. The van der Waals surface area contributed by atoms with Crippen molar-refractivity contribution < 1.29 is 9.53 Å². The summed E-state index contributed by atoms with van der Waals surface area (Å²) in [5.74, 6) is 1.06. The van der Waals surface area contributed by atoms with E-state index in [1.165, 1.54) is 83.5 Å². The molecule has 0 fully saturated rings. The second-order valence-electron chi connectivity index (χ2n) is 8.34.